The van der Waals surface area contributed by atoms with Crippen molar-refractivity contribution in [2.75, 3.05) is 7.11 Å². The Hall–Kier alpha value is -3.15. The molecule has 0 aliphatic carbocycles. The molecule has 5 nitrogen and oxygen atoms in total. The number of amides is 1. The number of carbonyl (C=O) groups excluding carboxylic acids is 1. The van der Waals surface area contributed by atoms with Gasteiger partial charge in [-0.15, -0.1) is 0 Å². The predicted octanol–water partition coefficient (Wildman–Crippen LogP) is 3.74. The third-order valence-corrected chi connectivity index (χ3v) is 3.92. The number of para-hydroxylation sites is 1. The average molecular weight is 354 g/mol. The summed E-state index contributed by atoms with van der Waals surface area (Å²) in [6.07, 6.45) is 2.23. The lowest BCUT2D eigenvalue weighted by atomic mass is 10.2. The van der Waals surface area contributed by atoms with Crippen molar-refractivity contribution >= 4 is 5.91 Å². The third-order valence-electron chi connectivity index (χ3n) is 3.92. The molecule has 0 spiro atoms. The fourth-order valence-corrected chi connectivity index (χ4v) is 2.53. The van der Waals surface area contributed by atoms with Crippen LogP contribution < -0.4 is 10.1 Å². The maximum absolute atomic E-state index is 13.0. The van der Waals surface area contributed by atoms with Gasteiger partial charge >= 0.3 is 0 Å². The molecule has 6 heteroatoms. The van der Waals surface area contributed by atoms with Crippen LogP contribution in [0.25, 0.3) is 11.3 Å². The molecule has 1 heterocycles. The van der Waals surface area contributed by atoms with Gasteiger partial charge in [-0.25, -0.2) is 9.37 Å². The highest BCUT2D eigenvalue weighted by Gasteiger charge is 2.10. The number of halogens is 1. The largest absolute Gasteiger partial charge is 0.496 e. The Morgan fingerprint density at radius 3 is 2.73 bits per heavy atom. The normalized spacial score (nSPS) is 10.5. The number of carbonyl (C=O) groups is 1. The average Bonchev–Trinajstić information content (AvgIpc) is 3.14. The molecule has 0 saturated carbocycles. The lowest BCUT2D eigenvalue weighted by Gasteiger charge is -2.09. The summed E-state index contributed by atoms with van der Waals surface area (Å²) >= 11 is 0. The number of aromatic nitrogens is 1. The SMILES string of the molecule is COc1ccccc1CNC(=O)CCc1ncc(-c2ccc(F)cc2)o1. The molecule has 0 bridgehead atoms. The Balaban J connectivity index is 1.51. The van der Waals surface area contributed by atoms with Crippen LogP contribution in [0.5, 0.6) is 5.75 Å². The van der Waals surface area contributed by atoms with Crippen molar-refractivity contribution in [2.45, 2.75) is 19.4 Å². The van der Waals surface area contributed by atoms with E-state index in [0.29, 0.717) is 24.6 Å². The van der Waals surface area contributed by atoms with Crippen molar-refractivity contribution in [2.24, 2.45) is 0 Å². The first-order chi connectivity index (χ1) is 12.7. The minimum Gasteiger partial charge on any atom is -0.496 e. The van der Waals surface area contributed by atoms with Crippen LogP contribution >= 0.6 is 0 Å². The highest BCUT2D eigenvalue weighted by Crippen LogP contribution is 2.21. The highest BCUT2D eigenvalue weighted by atomic mass is 19.1. The summed E-state index contributed by atoms with van der Waals surface area (Å²) in [7, 11) is 1.60. The van der Waals surface area contributed by atoms with Gasteiger partial charge in [0.05, 0.1) is 13.3 Å². The molecular weight excluding hydrogens is 335 g/mol. The van der Waals surface area contributed by atoms with E-state index in [-0.39, 0.29) is 18.1 Å². The predicted molar refractivity (Wildman–Crippen MR) is 95.1 cm³/mol. The van der Waals surface area contributed by atoms with Gasteiger partial charge in [-0.1, -0.05) is 18.2 Å². The van der Waals surface area contributed by atoms with E-state index in [1.165, 1.54) is 12.1 Å². The number of oxazole rings is 1. The zero-order valence-electron chi connectivity index (χ0n) is 14.4. The molecule has 3 aromatic rings. The number of benzene rings is 2. The van der Waals surface area contributed by atoms with Crippen LogP contribution in [0.1, 0.15) is 17.9 Å². The Labute approximate surface area is 150 Å². The molecule has 0 fully saturated rings. The molecule has 134 valence electrons. The topological polar surface area (TPSA) is 64.4 Å². The molecule has 2 aromatic carbocycles. The monoisotopic (exact) mass is 354 g/mol. The fraction of sp³-hybridized carbons (Fsp3) is 0.200. The van der Waals surface area contributed by atoms with Crippen LogP contribution in [0.2, 0.25) is 0 Å². The fourth-order valence-electron chi connectivity index (χ4n) is 2.53. The summed E-state index contributed by atoms with van der Waals surface area (Å²) in [6.45, 7) is 0.398. The summed E-state index contributed by atoms with van der Waals surface area (Å²) in [5, 5.41) is 2.86. The van der Waals surface area contributed by atoms with E-state index in [0.717, 1.165) is 16.9 Å². The van der Waals surface area contributed by atoms with E-state index in [1.807, 2.05) is 24.3 Å². The number of hydrogen-bond donors (Lipinski definition) is 1. The molecule has 0 aliphatic heterocycles. The Bertz CT molecular complexity index is 875. The van der Waals surface area contributed by atoms with E-state index < -0.39 is 0 Å². The zero-order chi connectivity index (χ0) is 18.4. The zero-order valence-corrected chi connectivity index (χ0v) is 14.4. The van der Waals surface area contributed by atoms with Crippen LogP contribution in [0.3, 0.4) is 0 Å². The van der Waals surface area contributed by atoms with Crippen molar-refractivity contribution in [3.8, 4) is 17.1 Å². The standard InChI is InChI=1S/C20H19FN2O3/c1-25-17-5-3-2-4-15(17)12-22-19(24)10-11-20-23-13-18(26-20)14-6-8-16(21)9-7-14/h2-9,13H,10-12H2,1H3,(H,22,24). The molecule has 0 atom stereocenters. The molecular formula is C20H19FN2O3. The quantitative estimate of drug-likeness (QED) is 0.702. The van der Waals surface area contributed by atoms with E-state index in [2.05, 4.69) is 10.3 Å². The van der Waals surface area contributed by atoms with Crippen molar-refractivity contribution in [3.63, 3.8) is 0 Å². The molecule has 3 rings (SSSR count). The first-order valence-electron chi connectivity index (χ1n) is 8.25. The number of methoxy groups -OCH3 is 1. The van der Waals surface area contributed by atoms with Gasteiger partial charge in [0.1, 0.15) is 11.6 Å². The van der Waals surface area contributed by atoms with E-state index in [9.17, 15) is 9.18 Å². The Morgan fingerprint density at radius 1 is 1.19 bits per heavy atom. The second-order valence-corrected chi connectivity index (χ2v) is 5.71. The number of rotatable bonds is 7. The molecule has 0 aliphatic rings. The third kappa shape index (κ3) is 4.47. The van der Waals surface area contributed by atoms with Gasteiger partial charge in [-0.2, -0.15) is 0 Å². The Kier molecular flexibility index (Phi) is 5.63. The van der Waals surface area contributed by atoms with Crippen molar-refractivity contribution in [1.29, 1.82) is 0 Å². The lowest BCUT2D eigenvalue weighted by Crippen LogP contribution is -2.23. The molecule has 1 amide bonds. The van der Waals surface area contributed by atoms with Crippen LogP contribution in [-0.4, -0.2) is 18.0 Å². The molecule has 1 aromatic heterocycles. The number of aryl methyl sites for hydroxylation is 1. The van der Waals surface area contributed by atoms with E-state index in [4.69, 9.17) is 9.15 Å². The van der Waals surface area contributed by atoms with Crippen LogP contribution in [-0.2, 0) is 17.8 Å². The van der Waals surface area contributed by atoms with Gasteiger partial charge in [0.15, 0.2) is 11.7 Å². The number of ether oxygens (including phenoxy) is 1. The van der Waals surface area contributed by atoms with E-state index in [1.54, 1.807) is 25.4 Å². The number of nitrogens with one attached hydrogen (secondary N) is 1. The van der Waals surface area contributed by atoms with Crippen molar-refractivity contribution in [1.82, 2.24) is 10.3 Å². The molecule has 0 radical (unpaired) electrons. The minimum atomic E-state index is -0.305. The maximum Gasteiger partial charge on any atom is 0.220 e. The van der Waals surface area contributed by atoms with Gasteiger partial charge < -0.3 is 14.5 Å². The van der Waals surface area contributed by atoms with Gasteiger partial charge in [0, 0.05) is 30.5 Å². The number of hydrogen-bond acceptors (Lipinski definition) is 4. The van der Waals surface area contributed by atoms with E-state index >= 15 is 0 Å². The second kappa shape index (κ2) is 8.29. The van der Waals surface area contributed by atoms with Gasteiger partial charge in [0.2, 0.25) is 5.91 Å². The lowest BCUT2D eigenvalue weighted by molar-refractivity contribution is -0.121. The summed E-state index contributed by atoms with van der Waals surface area (Å²) in [5.41, 5.74) is 1.66. The highest BCUT2D eigenvalue weighted by molar-refractivity contribution is 5.76. The van der Waals surface area contributed by atoms with Crippen molar-refractivity contribution < 1.29 is 18.3 Å². The molecule has 0 unspecified atom stereocenters. The minimum absolute atomic E-state index is 0.0996. The number of nitrogens with zero attached hydrogens (tertiary/aromatic N) is 1. The molecule has 26 heavy (non-hydrogen) atoms. The summed E-state index contributed by atoms with van der Waals surface area (Å²) < 4.78 is 23.8. The van der Waals surface area contributed by atoms with Crippen LogP contribution in [0.4, 0.5) is 4.39 Å². The van der Waals surface area contributed by atoms with Crippen LogP contribution in [0, 0.1) is 5.82 Å². The second-order valence-electron chi connectivity index (χ2n) is 5.71. The Morgan fingerprint density at radius 2 is 1.96 bits per heavy atom. The molecule has 1 N–H and O–H groups in total. The van der Waals surface area contributed by atoms with Crippen molar-refractivity contribution in [3.05, 3.63) is 72.0 Å². The van der Waals surface area contributed by atoms with Gasteiger partial charge in [-0.3, -0.25) is 4.79 Å². The smallest absolute Gasteiger partial charge is 0.220 e. The maximum atomic E-state index is 13.0. The first-order valence-corrected chi connectivity index (χ1v) is 8.25. The summed E-state index contributed by atoms with van der Waals surface area (Å²) in [4.78, 5) is 16.2. The van der Waals surface area contributed by atoms with Gasteiger partial charge in [-0.05, 0) is 30.3 Å². The van der Waals surface area contributed by atoms with Gasteiger partial charge in [0.25, 0.3) is 0 Å². The van der Waals surface area contributed by atoms with Crippen LogP contribution in [0.15, 0.2) is 59.1 Å². The first kappa shape index (κ1) is 17.7. The molecule has 0 saturated heterocycles. The summed E-state index contributed by atoms with van der Waals surface area (Å²) in [5.74, 6) is 1.35. The summed E-state index contributed by atoms with van der Waals surface area (Å²) in [6, 6.07) is 13.5.